The molecule has 0 radical (unpaired) electrons. The number of hydrogen-bond donors (Lipinski definition) is 2. The van der Waals surface area contributed by atoms with E-state index in [4.69, 9.17) is 10.6 Å². The van der Waals surface area contributed by atoms with Gasteiger partial charge in [0.05, 0.1) is 5.01 Å². The molecule has 4 nitrogen and oxygen atoms in total. The predicted molar refractivity (Wildman–Crippen MR) is 62.8 cm³/mol. The van der Waals surface area contributed by atoms with E-state index in [1.807, 2.05) is 6.92 Å². The van der Waals surface area contributed by atoms with Gasteiger partial charge in [0.2, 0.25) is 0 Å². The van der Waals surface area contributed by atoms with Crippen LogP contribution in [-0.4, -0.2) is 24.7 Å². The van der Waals surface area contributed by atoms with Gasteiger partial charge in [-0.05, 0) is 19.8 Å². The first-order valence-electron chi connectivity index (χ1n) is 5.12. The van der Waals surface area contributed by atoms with E-state index in [0.29, 0.717) is 6.04 Å². The van der Waals surface area contributed by atoms with Gasteiger partial charge in [0, 0.05) is 37.3 Å². The summed E-state index contributed by atoms with van der Waals surface area (Å²) in [7, 11) is 1.72. The van der Waals surface area contributed by atoms with Crippen LogP contribution in [0, 0.1) is 6.92 Å². The highest BCUT2D eigenvalue weighted by Gasteiger charge is 2.09. The van der Waals surface area contributed by atoms with Gasteiger partial charge in [0.15, 0.2) is 0 Å². The highest BCUT2D eigenvalue weighted by molar-refractivity contribution is 7.09. The second-order valence-electron chi connectivity index (χ2n) is 3.59. The molecule has 1 aromatic rings. The molecular formula is C10H19N3OS. The zero-order valence-corrected chi connectivity index (χ0v) is 10.1. The van der Waals surface area contributed by atoms with Crippen molar-refractivity contribution >= 4 is 11.3 Å². The van der Waals surface area contributed by atoms with Crippen LogP contribution in [-0.2, 0) is 11.2 Å². The van der Waals surface area contributed by atoms with Crippen molar-refractivity contribution in [3.63, 3.8) is 0 Å². The molecule has 1 atom stereocenters. The van der Waals surface area contributed by atoms with Crippen LogP contribution in [0.15, 0.2) is 5.38 Å². The molecule has 1 aromatic heterocycles. The van der Waals surface area contributed by atoms with Gasteiger partial charge in [-0.1, -0.05) is 0 Å². The number of methoxy groups -OCH3 is 1. The number of aromatic nitrogens is 1. The summed E-state index contributed by atoms with van der Waals surface area (Å²) in [6, 6.07) is 0.297. The maximum Gasteiger partial charge on any atom is 0.0944 e. The number of hydrogen-bond acceptors (Lipinski definition) is 5. The molecule has 0 aromatic carbocycles. The first kappa shape index (κ1) is 12.6. The molecule has 0 amide bonds. The van der Waals surface area contributed by atoms with Crippen molar-refractivity contribution in [3.05, 3.63) is 16.1 Å². The van der Waals surface area contributed by atoms with Crippen LogP contribution < -0.4 is 11.3 Å². The quantitative estimate of drug-likeness (QED) is 0.420. The van der Waals surface area contributed by atoms with E-state index in [1.165, 1.54) is 0 Å². The normalized spacial score (nSPS) is 13.0. The number of thiazole rings is 1. The van der Waals surface area contributed by atoms with Gasteiger partial charge >= 0.3 is 0 Å². The number of aryl methyl sites for hydroxylation is 1. The number of nitrogens with zero attached hydrogens (tertiary/aromatic N) is 1. The van der Waals surface area contributed by atoms with Crippen LogP contribution in [0.1, 0.15) is 23.5 Å². The molecular weight excluding hydrogens is 210 g/mol. The van der Waals surface area contributed by atoms with Crippen molar-refractivity contribution in [3.8, 4) is 0 Å². The SMILES string of the molecule is COCCCC(Cc1nc(C)cs1)NN. The number of hydrazine groups is 1. The minimum Gasteiger partial charge on any atom is -0.385 e. The third-order valence-corrected chi connectivity index (χ3v) is 3.21. The summed E-state index contributed by atoms with van der Waals surface area (Å²) >= 11 is 1.69. The molecule has 0 fully saturated rings. The molecule has 0 aliphatic rings. The fourth-order valence-electron chi connectivity index (χ4n) is 1.43. The van der Waals surface area contributed by atoms with Crippen LogP contribution in [0.2, 0.25) is 0 Å². The second-order valence-corrected chi connectivity index (χ2v) is 4.53. The summed E-state index contributed by atoms with van der Waals surface area (Å²) < 4.78 is 5.01. The van der Waals surface area contributed by atoms with Crippen molar-refractivity contribution in [2.24, 2.45) is 5.84 Å². The summed E-state index contributed by atoms with van der Waals surface area (Å²) in [4.78, 5) is 4.42. The zero-order chi connectivity index (χ0) is 11.1. The Balaban J connectivity index is 2.33. The topological polar surface area (TPSA) is 60.2 Å². The lowest BCUT2D eigenvalue weighted by Crippen LogP contribution is -2.36. The molecule has 1 unspecified atom stereocenters. The van der Waals surface area contributed by atoms with Gasteiger partial charge in [-0.3, -0.25) is 11.3 Å². The van der Waals surface area contributed by atoms with Crippen LogP contribution in [0.25, 0.3) is 0 Å². The Bertz CT molecular complexity index is 277. The monoisotopic (exact) mass is 229 g/mol. The Hall–Kier alpha value is -0.490. The van der Waals surface area contributed by atoms with Crippen LogP contribution in [0.5, 0.6) is 0 Å². The Morgan fingerprint density at radius 3 is 3.00 bits per heavy atom. The van der Waals surface area contributed by atoms with E-state index in [1.54, 1.807) is 18.4 Å². The lowest BCUT2D eigenvalue weighted by molar-refractivity contribution is 0.188. The fraction of sp³-hybridized carbons (Fsp3) is 0.700. The molecule has 1 rings (SSSR count). The fourth-order valence-corrected chi connectivity index (χ4v) is 2.28. The van der Waals surface area contributed by atoms with E-state index < -0.39 is 0 Å². The number of nitrogens with two attached hydrogens (primary N) is 1. The third kappa shape index (κ3) is 4.70. The molecule has 0 aliphatic carbocycles. The lowest BCUT2D eigenvalue weighted by atomic mass is 10.1. The van der Waals surface area contributed by atoms with E-state index in [-0.39, 0.29) is 0 Å². The average molecular weight is 229 g/mol. The number of rotatable bonds is 7. The molecule has 5 heteroatoms. The van der Waals surface area contributed by atoms with E-state index in [2.05, 4.69) is 15.8 Å². The minimum atomic E-state index is 0.297. The van der Waals surface area contributed by atoms with E-state index >= 15 is 0 Å². The van der Waals surface area contributed by atoms with Gasteiger partial charge in [0.25, 0.3) is 0 Å². The van der Waals surface area contributed by atoms with Crippen molar-refractivity contribution in [2.45, 2.75) is 32.2 Å². The lowest BCUT2D eigenvalue weighted by Gasteiger charge is -2.13. The second kappa shape index (κ2) is 6.90. The van der Waals surface area contributed by atoms with E-state index in [0.717, 1.165) is 36.6 Å². The maximum absolute atomic E-state index is 5.50. The number of nitrogens with one attached hydrogen (secondary N) is 1. The van der Waals surface area contributed by atoms with Gasteiger partial charge in [-0.2, -0.15) is 0 Å². The summed E-state index contributed by atoms with van der Waals surface area (Å²) in [5.74, 6) is 5.50. The molecule has 15 heavy (non-hydrogen) atoms. The molecule has 3 N–H and O–H groups in total. The van der Waals surface area contributed by atoms with Gasteiger partial charge in [-0.25, -0.2) is 4.98 Å². The summed E-state index contributed by atoms with van der Waals surface area (Å²) in [5, 5.41) is 3.21. The molecule has 0 saturated carbocycles. The Labute approximate surface area is 94.8 Å². The molecule has 0 bridgehead atoms. The van der Waals surface area contributed by atoms with Crippen LogP contribution in [0.3, 0.4) is 0 Å². The maximum atomic E-state index is 5.50. The van der Waals surface area contributed by atoms with Gasteiger partial charge in [0.1, 0.15) is 0 Å². The molecule has 86 valence electrons. The van der Waals surface area contributed by atoms with Crippen LogP contribution in [0.4, 0.5) is 0 Å². The van der Waals surface area contributed by atoms with Gasteiger partial charge < -0.3 is 4.74 Å². The summed E-state index contributed by atoms with van der Waals surface area (Å²) in [5.41, 5.74) is 3.92. The Morgan fingerprint density at radius 2 is 2.47 bits per heavy atom. The van der Waals surface area contributed by atoms with Crippen molar-refractivity contribution in [1.29, 1.82) is 0 Å². The highest BCUT2D eigenvalue weighted by atomic mass is 32.1. The number of ether oxygens (including phenoxy) is 1. The smallest absolute Gasteiger partial charge is 0.0944 e. The summed E-state index contributed by atoms with van der Waals surface area (Å²) in [6.45, 7) is 2.80. The highest BCUT2D eigenvalue weighted by Crippen LogP contribution is 2.12. The van der Waals surface area contributed by atoms with Crippen molar-refractivity contribution < 1.29 is 4.74 Å². The predicted octanol–water partition coefficient (Wildman–Crippen LogP) is 1.25. The average Bonchev–Trinajstić information content (AvgIpc) is 2.63. The van der Waals surface area contributed by atoms with Crippen LogP contribution >= 0.6 is 11.3 Å². The molecule has 1 heterocycles. The van der Waals surface area contributed by atoms with Crippen molar-refractivity contribution in [2.75, 3.05) is 13.7 Å². The third-order valence-electron chi connectivity index (χ3n) is 2.22. The zero-order valence-electron chi connectivity index (χ0n) is 9.32. The summed E-state index contributed by atoms with van der Waals surface area (Å²) in [6.07, 6.45) is 2.94. The molecule has 0 saturated heterocycles. The Morgan fingerprint density at radius 1 is 1.67 bits per heavy atom. The van der Waals surface area contributed by atoms with E-state index in [9.17, 15) is 0 Å². The van der Waals surface area contributed by atoms with Crippen molar-refractivity contribution in [1.82, 2.24) is 10.4 Å². The molecule has 0 aliphatic heterocycles. The Kier molecular flexibility index (Phi) is 5.78. The first-order chi connectivity index (χ1) is 7.26. The minimum absolute atomic E-state index is 0.297. The first-order valence-corrected chi connectivity index (χ1v) is 6.00. The largest absolute Gasteiger partial charge is 0.385 e. The molecule has 0 spiro atoms. The standard InChI is InChI=1S/C10H19N3OS/c1-8-7-15-10(12-8)6-9(13-11)4-3-5-14-2/h7,9,13H,3-6,11H2,1-2H3. The van der Waals surface area contributed by atoms with Gasteiger partial charge in [-0.15, -0.1) is 11.3 Å².